The number of aromatic amines is 1. The first-order valence-electron chi connectivity index (χ1n) is 4.15. The molecule has 1 rings (SSSR count). The van der Waals surface area contributed by atoms with Crippen LogP contribution in [0.3, 0.4) is 0 Å². The van der Waals surface area contributed by atoms with Crippen LogP contribution in [0.25, 0.3) is 0 Å². The van der Waals surface area contributed by atoms with Crippen LogP contribution in [-0.2, 0) is 11.2 Å². The minimum atomic E-state index is -0.150. The summed E-state index contributed by atoms with van der Waals surface area (Å²) in [6.45, 7) is 6.15. The molecule has 0 fully saturated rings. The van der Waals surface area contributed by atoms with E-state index in [1.54, 1.807) is 0 Å². The summed E-state index contributed by atoms with van der Waals surface area (Å²) in [5.41, 5.74) is 1.37. The van der Waals surface area contributed by atoms with E-state index in [-0.39, 0.29) is 11.0 Å². The number of hydrogen-bond donors (Lipinski definition) is 2. The largest absolute Gasteiger partial charge is 0.268 e. The summed E-state index contributed by atoms with van der Waals surface area (Å²) < 4.78 is 0. The first kappa shape index (κ1) is 10.3. The second-order valence-electron chi connectivity index (χ2n) is 4.02. The maximum atomic E-state index is 11.2. The van der Waals surface area contributed by atoms with E-state index in [4.69, 9.17) is 0 Å². The quantitative estimate of drug-likeness (QED) is 0.672. The Morgan fingerprint density at radius 1 is 1.54 bits per heavy atom. The topological polar surface area (TPSA) is 45.8 Å². The zero-order chi connectivity index (χ0) is 10.1. The Balaban J connectivity index is 3.22. The molecule has 0 aliphatic carbocycles. The summed E-state index contributed by atoms with van der Waals surface area (Å²) >= 11 is 4.08. The van der Waals surface area contributed by atoms with Gasteiger partial charge in [0.15, 0.2) is 0 Å². The van der Waals surface area contributed by atoms with Gasteiger partial charge in [0.2, 0.25) is 0 Å². The minimum absolute atomic E-state index is 0.0398. The molecule has 0 atom stereocenters. The highest BCUT2D eigenvalue weighted by molar-refractivity contribution is 7.79. The molecule has 72 valence electrons. The van der Waals surface area contributed by atoms with Gasteiger partial charge in [0.05, 0.1) is 5.69 Å². The van der Waals surface area contributed by atoms with E-state index in [0.29, 0.717) is 11.3 Å². The Hall–Kier alpha value is -0.770. The van der Waals surface area contributed by atoms with Crippen LogP contribution in [0.4, 0.5) is 0 Å². The molecule has 0 aliphatic heterocycles. The van der Waals surface area contributed by atoms with Crippen molar-refractivity contribution in [2.75, 3.05) is 0 Å². The minimum Gasteiger partial charge on any atom is -0.268 e. The SMILES string of the molecule is CC(C)(C)c1cc(CS)c(=O)[nH]n1. The van der Waals surface area contributed by atoms with Gasteiger partial charge in [-0.1, -0.05) is 20.8 Å². The highest BCUT2D eigenvalue weighted by Crippen LogP contribution is 2.18. The Kier molecular flexibility index (Phi) is 2.81. The van der Waals surface area contributed by atoms with E-state index in [1.165, 1.54) is 0 Å². The molecule has 0 radical (unpaired) electrons. The van der Waals surface area contributed by atoms with E-state index < -0.39 is 0 Å². The van der Waals surface area contributed by atoms with Gasteiger partial charge in [-0.05, 0) is 6.07 Å². The fourth-order valence-corrected chi connectivity index (χ4v) is 1.18. The molecule has 0 saturated heterocycles. The highest BCUT2D eigenvalue weighted by Gasteiger charge is 2.16. The molecule has 3 nitrogen and oxygen atoms in total. The maximum Gasteiger partial charge on any atom is 0.268 e. The van der Waals surface area contributed by atoms with E-state index in [1.807, 2.05) is 6.07 Å². The van der Waals surface area contributed by atoms with Crippen LogP contribution in [0.2, 0.25) is 0 Å². The Labute approximate surface area is 83.0 Å². The molecule has 0 saturated carbocycles. The monoisotopic (exact) mass is 198 g/mol. The molecule has 1 N–H and O–H groups in total. The molecule has 0 unspecified atom stereocenters. The number of nitrogens with one attached hydrogen (secondary N) is 1. The van der Waals surface area contributed by atoms with E-state index in [9.17, 15) is 4.79 Å². The average molecular weight is 198 g/mol. The molecule has 0 spiro atoms. The number of rotatable bonds is 1. The lowest BCUT2D eigenvalue weighted by Crippen LogP contribution is -2.21. The number of H-pyrrole nitrogens is 1. The van der Waals surface area contributed by atoms with Crippen LogP contribution in [0.15, 0.2) is 10.9 Å². The van der Waals surface area contributed by atoms with Gasteiger partial charge < -0.3 is 0 Å². The summed E-state index contributed by atoms with van der Waals surface area (Å²) in [7, 11) is 0. The molecule has 4 heteroatoms. The van der Waals surface area contributed by atoms with E-state index >= 15 is 0 Å². The molecule has 0 amide bonds. The lowest BCUT2D eigenvalue weighted by Gasteiger charge is -2.17. The van der Waals surface area contributed by atoms with Crippen molar-refractivity contribution in [2.24, 2.45) is 0 Å². The van der Waals surface area contributed by atoms with Crippen LogP contribution < -0.4 is 5.56 Å². The average Bonchev–Trinajstić information content (AvgIpc) is 2.03. The standard InChI is InChI=1S/C9H14N2OS/c1-9(2,3)7-4-6(5-13)8(12)11-10-7/h4,13H,5H2,1-3H3,(H,11,12). The normalized spacial score (nSPS) is 11.7. The molecule has 1 heterocycles. The molecule has 13 heavy (non-hydrogen) atoms. The van der Waals surface area contributed by atoms with Crippen molar-refractivity contribution in [3.05, 3.63) is 27.7 Å². The summed E-state index contributed by atoms with van der Waals surface area (Å²) in [5, 5.41) is 6.46. The van der Waals surface area contributed by atoms with Crippen LogP contribution in [0, 0.1) is 0 Å². The van der Waals surface area contributed by atoms with Gasteiger partial charge in [0.1, 0.15) is 0 Å². The Bertz CT molecular complexity index is 351. The van der Waals surface area contributed by atoms with Gasteiger partial charge in [0.25, 0.3) is 5.56 Å². The van der Waals surface area contributed by atoms with Crippen molar-refractivity contribution in [1.82, 2.24) is 10.2 Å². The number of hydrogen-bond acceptors (Lipinski definition) is 3. The van der Waals surface area contributed by atoms with Gasteiger partial charge in [0, 0.05) is 16.7 Å². The van der Waals surface area contributed by atoms with E-state index in [0.717, 1.165) is 5.69 Å². The summed E-state index contributed by atoms with van der Waals surface area (Å²) in [5.74, 6) is 0.445. The van der Waals surface area contributed by atoms with Crippen molar-refractivity contribution >= 4 is 12.6 Å². The highest BCUT2D eigenvalue weighted by atomic mass is 32.1. The second-order valence-corrected chi connectivity index (χ2v) is 4.33. The zero-order valence-electron chi connectivity index (χ0n) is 8.09. The molecular formula is C9H14N2OS. The lowest BCUT2D eigenvalue weighted by molar-refractivity contribution is 0.555. The Morgan fingerprint density at radius 2 is 2.15 bits per heavy atom. The summed E-state index contributed by atoms with van der Waals surface area (Å²) in [6.07, 6.45) is 0. The molecule has 1 aromatic rings. The van der Waals surface area contributed by atoms with Crippen molar-refractivity contribution < 1.29 is 0 Å². The van der Waals surface area contributed by atoms with Gasteiger partial charge in [-0.3, -0.25) is 4.79 Å². The molecule has 0 aromatic carbocycles. The zero-order valence-corrected chi connectivity index (χ0v) is 8.98. The third-order valence-corrected chi connectivity index (χ3v) is 2.16. The molecule has 0 bridgehead atoms. The number of nitrogens with zero attached hydrogens (tertiary/aromatic N) is 1. The molecule has 1 aromatic heterocycles. The number of thiol groups is 1. The predicted octanol–water partition coefficient (Wildman–Crippen LogP) is 1.50. The summed E-state index contributed by atoms with van der Waals surface area (Å²) in [4.78, 5) is 11.2. The smallest absolute Gasteiger partial charge is 0.268 e. The van der Waals surface area contributed by atoms with Gasteiger partial charge in [-0.15, -0.1) is 0 Å². The summed E-state index contributed by atoms with van der Waals surface area (Å²) in [6, 6.07) is 1.81. The van der Waals surface area contributed by atoms with Crippen LogP contribution in [-0.4, -0.2) is 10.2 Å². The van der Waals surface area contributed by atoms with Crippen molar-refractivity contribution in [3.8, 4) is 0 Å². The second kappa shape index (κ2) is 3.54. The first-order chi connectivity index (χ1) is 5.95. The molecule has 0 aliphatic rings. The fourth-order valence-electron chi connectivity index (χ4n) is 0.947. The molecular weight excluding hydrogens is 184 g/mol. The fraction of sp³-hybridized carbons (Fsp3) is 0.556. The van der Waals surface area contributed by atoms with Crippen molar-refractivity contribution in [1.29, 1.82) is 0 Å². The van der Waals surface area contributed by atoms with Crippen LogP contribution in [0.1, 0.15) is 32.0 Å². The van der Waals surface area contributed by atoms with Crippen LogP contribution in [0.5, 0.6) is 0 Å². The number of aromatic nitrogens is 2. The first-order valence-corrected chi connectivity index (χ1v) is 4.78. The van der Waals surface area contributed by atoms with E-state index in [2.05, 4.69) is 43.6 Å². The van der Waals surface area contributed by atoms with Crippen molar-refractivity contribution in [3.63, 3.8) is 0 Å². The predicted molar refractivity (Wildman–Crippen MR) is 56.2 cm³/mol. The maximum absolute atomic E-state index is 11.2. The van der Waals surface area contributed by atoms with Gasteiger partial charge in [-0.2, -0.15) is 17.7 Å². The van der Waals surface area contributed by atoms with Gasteiger partial charge in [-0.25, -0.2) is 5.10 Å². The van der Waals surface area contributed by atoms with Crippen LogP contribution >= 0.6 is 12.6 Å². The Morgan fingerprint density at radius 3 is 2.62 bits per heavy atom. The third kappa shape index (κ3) is 2.34. The van der Waals surface area contributed by atoms with Gasteiger partial charge >= 0.3 is 0 Å². The lowest BCUT2D eigenvalue weighted by atomic mass is 9.91. The third-order valence-electron chi connectivity index (χ3n) is 1.82. The van der Waals surface area contributed by atoms with Crippen molar-refractivity contribution in [2.45, 2.75) is 31.9 Å².